The number of hydrogen-bond acceptors (Lipinski definition) is 4. The monoisotopic (exact) mass is 329 g/mol. The van der Waals surface area contributed by atoms with Crippen LogP contribution in [0.15, 0.2) is 53.9 Å². The number of carbonyl (C=O) groups excluding carboxylic acids is 1. The third kappa shape index (κ3) is 3.10. The zero-order valence-electron chi connectivity index (χ0n) is 11.4. The summed E-state index contributed by atoms with van der Waals surface area (Å²) in [6.45, 7) is 0. The van der Waals surface area contributed by atoms with E-state index in [1.54, 1.807) is 24.3 Å². The van der Waals surface area contributed by atoms with E-state index in [0.29, 0.717) is 21.4 Å². The van der Waals surface area contributed by atoms with Crippen molar-refractivity contribution in [2.45, 2.75) is 0 Å². The highest BCUT2D eigenvalue weighted by atomic mass is 35.5. The first-order valence-corrected chi connectivity index (χ1v) is 7.76. The van der Waals surface area contributed by atoms with Crippen LogP contribution in [0.1, 0.15) is 10.4 Å². The first kappa shape index (κ1) is 14.6. The summed E-state index contributed by atoms with van der Waals surface area (Å²) in [6.07, 6.45) is 0. The molecule has 1 heterocycles. The third-order valence-electron chi connectivity index (χ3n) is 3.08. The van der Waals surface area contributed by atoms with Gasteiger partial charge in [0.1, 0.15) is 0 Å². The fourth-order valence-electron chi connectivity index (χ4n) is 2.02. The highest BCUT2D eigenvalue weighted by molar-refractivity contribution is 7.13. The normalized spacial score (nSPS) is 10.4. The molecule has 1 amide bonds. The number of halogens is 1. The van der Waals surface area contributed by atoms with Crippen LogP contribution in [-0.2, 0) is 0 Å². The molecular formula is C16H12ClN3OS. The Balaban J connectivity index is 1.89. The zero-order valence-corrected chi connectivity index (χ0v) is 13.0. The lowest BCUT2D eigenvalue weighted by Gasteiger charge is -2.09. The molecule has 6 heteroatoms. The topological polar surface area (TPSA) is 68.0 Å². The molecule has 0 unspecified atom stereocenters. The van der Waals surface area contributed by atoms with E-state index in [4.69, 9.17) is 17.3 Å². The van der Waals surface area contributed by atoms with E-state index < -0.39 is 0 Å². The summed E-state index contributed by atoms with van der Waals surface area (Å²) >= 11 is 7.20. The summed E-state index contributed by atoms with van der Waals surface area (Å²) in [5, 5.41) is 5.85. The van der Waals surface area contributed by atoms with Gasteiger partial charge in [-0.25, -0.2) is 4.98 Å². The molecule has 0 aliphatic carbocycles. The largest absolute Gasteiger partial charge is 0.375 e. The minimum absolute atomic E-state index is 0.202. The van der Waals surface area contributed by atoms with E-state index in [-0.39, 0.29) is 5.91 Å². The van der Waals surface area contributed by atoms with Crippen molar-refractivity contribution in [3.8, 4) is 11.3 Å². The second-order valence-electron chi connectivity index (χ2n) is 4.58. The summed E-state index contributed by atoms with van der Waals surface area (Å²) in [5.41, 5.74) is 8.48. The van der Waals surface area contributed by atoms with E-state index in [2.05, 4.69) is 10.3 Å². The SMILES string of the molecule is Nc1nc(-c2ccccc2NC(=O)c2ccc(Cl)cc2)cs1. The number of nitrogen functional groups attached to an aromatic ring is 1. The minimum Gasteiger partial charge on any atom is -0.375 e. The van der Waals surface area contributed by atoms with Gasteiger partial charge in [0, 0.05) is 21.5 Å². The molecule has 0 aliphatic heterocycles. The van der Waals surface area contributed by atoms with Crippen LogP contribution in [0.5, 0.6) is 0 Å². The summed E-state index contributed by atoms with van der Waals surface area (Å²) in [7, 11) is 0. The predicted octanol–water partition coefficient (Wildman–Crippen LogP) is 4.30. The van der Waals surface area contributed by atoms with Gasteiger partial charge < -0.3 is 11.1 Å². The van der Waals surface area contributed by atoms with Crippen LogP contribution in [0.4, 0.5) is 10.8 Å². The number of benzene rings is 2. The van der Waals surface area contributed by atoms with Crippen molar-refractivity contribution in [1.29, 1.82) is 0 Å². The van der Waals surface area contributed by atoms with E-state index >= 15 is 0 Å². The number of rotatable bonds is 3. The Bertz CT molecular complexity index is 814. The number of aromatic nitrogens is 1. The van der Waals surface area contributed by atoms with Crippen molar-refractivity contribution in [2.75, 3.05) is 11.1 Å². The maximum absolute atomic E-state index is 12.3. The van der Waals surface area contributed by atoms with Crippen LogP contribution in [0, 0.1) is 0 Å². The maximum atomic E-state index is 12.3. The Labute approximate surface area is 136 Å². The van der Waals surface area contributed by atoms with Gasteiger partial charge in [-0.1, -0.05) is 29.8 Å². The van der Waals surface area contributed by atoms with Crippen LogP contribution in [0.25, 0.3) is 11.3 Å². The zero-order chi connectivity index (χ0) is 15.5. The van der Waals surface area contributed by atoms with Crippen LogP contribution in [-0.4, -0.2) is 10.9 Å². The van der Waals surface area contributed by atoms with Gasteiger partial charge >= 0.3 is 0 Å². The highest BCUT2D eigenvalue weighted by Gasteiger charge is 2.12. The molecule has 22 heavy (non-hydrogen) atoms. The number of anilines is 2. The Hall–Kier alpha value is -2.37. The van der Waals surface area contributed by atoms with E-state index in [9.17, 15) is 4.79 Å². The van der Waals surface area contributed by atoms with Gasteiger partial charge in [0.05, 0.1) is 11.4 Å². The molecule has 0 aliphatic rings. The number of hydrogen-bond donors (Lipinski definition) is 2. The van der Waals surface area contributed by atoms with Gasteiger partial charge in [-0.3, -0.25) is 4.79 Å². The molecule has 0 spiro atoms. The van der Waals surface area contributed by atoms with Crippen LogP contribution in [0.3, 0.4) is 0 Å². The number of nitrogens with one attached hydrogen (secondary N) is 1. The molecule has 4 nitrogen and oxygen atoms in total. The lowest BCUT2D eigenvalue weighted by atomic mass is 10.1. The number of para-hydroxylation sites is 1. The second kappa shape index (κ2) is 6.17. The van der Waals surface area contributed by atoms with Crippen molar-refractivity contribution in [3.63, 3.8) is 0 Å². The average molecular weight is 330 g/mol. The molecule has 1 aromatic heterocycles. The van der Waals surface area contributed by atoms with Gasteiger partial charge in [-0.05, 0) is 30.3 Å². The summed E-state index contributed by atoms with van der Waals surface area (Å²) in [4.78, 5) is 16.6. The van der Waals surface area contributed by atoms with Crippen LogP contribution >= 0.6 is 22.9 Å². The molecule has 0 atom stereocenters. The second-order valence-corrected chi connectivity index (χ2v) is 5.90. The van der Waals surface area contributed by atoms with Gasteiger partial charge in [0.2, 0.25) is 0 Å². The van der Waals surface area contributed by atoms with Gasteiger partial charge in [0.15, 0.2) is 5.13 Å². The molecule has 3 rings (SSSR count). The molecule has 0 bridgehead atoms. The standard InChI is InChI=1S/C16H12ClN3OS/c17-11-7-5-10(6-8-11)15(21)19-13-4-2-1-3-12(13)14-9-22-16(18)20-14/h1-9H,(H2,18,20)(H,19,21). The minimum atomic E-state index is -0.202. The molecule has 3 N–H and O–H groups in total. The first-order chi connectivity index (χ1) is 10.6. The van der Waals surface area contributed by atoms with Crippen molar-refractivity contribution in [3.05, 3.63) is 64.5 Å². The number of amides is 1. The quantitative estimate of drug-likeness (QED) is 0.752. The molecule has 0 fully saturated rings. The Morgan fingerprint density at radius 3 is 2.55 bits per heavy atom. The predicted molar refractivity (Wildman–Crippen MR) is 91.4 cm³/mol. The lowest BCUT2D eigenvalue weighted by Crippen LogP contribution is -2.12. The van der Waals surface area contributed by atoms with Gasteiger partial charge in [0.25, 0.3) is 5.91 Å². The number of nitrogens with two attached hydrogens (primary N) is 1. The third-order valence-corrected chi connectivity index (χ3v) is 4.01. The lowest BCUT2D eigenvalue weighted by molar-refractivity contribution is 0.102. The fourth-order valence-corrected chi connectivity index (χ4v) is 2.71. The molecule has 2 aromatic carbocycles. The Morgan fingerprint density at radius 1 is 1.14 bits per heavy atom. The van der Waals surface area contributed by atoms with Crippen molar-refractivity contribution < 1.29 is 4.79 Å². The van der Waals surface area contributed by atoms with Gasteiger partial charge in [-0.2, -0.15) is 0 Å². The van der Waals surface area contributed by atoms with Crippen molar-refractivity contribution >= 4 is 39.7 Å². The molecule has 110 valence electrons. The average Bonchev–Trinajstić information content (AvgIpc) is 2.95. The Kier molecular flexibility index (Phi) is 4.09. The maximum Gasteiger partial charge on any atom is 0.255 e. The smallest absolute Gasteiger partial charge is 0.255 e. The van der Waals surface area contributed by atoms with Crippen molar-refractivity contribution in [1.82, 2.24) is 4.98 Å². The van der Waals surface area contributed by atoms with Crippen molar-refractivity contribution in [2.24, 2.45) is 0 Å². The molecular weight excluding hydrogens is 318 g/mol. The fraction of sp³-hybridized carbons (Fsp3) is 0. The van der Waals surface area contributed by atoms with E-state index in [1.807, 2.05) is 29.6 Å². The molecule has 0 saturated carbocycles. The van der Waals surface area contributed by atoms with E-state index in [1.165, 1.54) is 11.3 Å². The summed E-state index contributed by atoms with van der Waals surface area (Å²) in [5.74, 6) is -0.202. The summed E-state index contributed by atoms with van der Waals surface area (Å²) < 4.78 is 0. The van der Waals surface area contributed by atoms with E-state index in [0.717, 1.165) is 11.3 Å². The molecule has 3 aromatic rings. The molecule has 0 radical (unpaired) electrons. The Morgan fingerprint density at radius 2 is 1.86 bits per heavy atom. The number of nitrogens with zero attached hydrogens (tertiary/aromatic N) is 1. The molecule has 0 saturated heterocycles. The van der Waals surface area contributed by atoms with Gasteiger partial charge in [-0.15, -0.1) is 11.3 Å². The van der Waals surface area contributed by atoms with Crippen LogP contribution < -0.4 is 11.1 Å². The highest BCUT2D eigenvalue weighted by Crippen LogP contribution is 2.30. The first-order valence-electron chi connectivity index (χ1n) is 6.51. The number of carbonyl (C=O) groups is 1. The summed E-state index contributed by atoms with van der Waals surface area (Å²) in [6, 6.07) is 14.2. The van der Waals surface area contributed by atoms with Crippen LogP contribution in [0.2, 0.25) is 5.02 Å². The number of thiazole rings is 1.